The highest BCUT2D eigenvalue weighted by Crippen LogP contribution is 2.42. The van der Waals surface area contributed by atoms with Crippen molar-refractivity contribution in [1.29, 1.82) is 0 Å². The van der Waals surface area contributed by atoms with Crippen LogP contribution in [0, 0.1) is 12.7 Å². The first-order valence-corrected chi connectivity index (χ1v) is 11.4. The molecule has 2 aliphatic rings. The molecule has 1 aliphatic heterocycles. The lowest BCUT2D eigenvalue weighted by atomic mass is 10.1. The third-order valence-electron chi connectivity index (χ3n) is 6.45. The SMILES string of the molecule is Cc1ccccc1C=NC1CCN(c2c(F)cc3c(=O)c(C(=O)O)cn(C4CC4)c3c2Cl)C1. The Morgan fingerprint density at radius 2 is 2.03 bits per heavy atom. The number of aryl methyl sites for hydroxylation is 1. The second-order valence-corrected chi connectivity index (χ2v) is 9.13. The molecule has 2 aromatic carbocycles. The monoisotopic (exact) mass is 467 g/mol. The Labute approximate surface area is 194 Å². The minimum absolute atomic E-state index is 0.00127. The van der Waals surface area contributed by atoms with Crippen LogP contribution in [0.25, 0.3) is 10.9 Å². The number of hydrogen-bond acceptors (Lipinski definition) is 4. The Balaban J connectivity index is 1.52. The van der Waals surface area contributed by atoms with Gasteiger partial charge in [-0.2, -0.15) is 0 Å². The van der Waals surface area contributed by atoms with E-state index in [-0.39, 0.29) is 33.7 Å². The van der Waals surface area contributed by atoms with Gasteiger partial charge in [0, 0.05) is 31.5 Å². The van der Waals surface area contributed by atoms with E-state index in [1.807, 2.05) is 42.3 Å². The summed E-state index contributed by atoms with van der Waals surface area (Å²) >= 11 is 6.72. The standard InChI is InChI=1S/C25H23ClFN3O3/c1-14-4-2-3-5-15(14)11-28-16-8-9-29(12-16)23-20(27)10-18-22(21(23)26)30(17-6-7-17)13-19(24(18)31)25(32)33/h2-5,10-11,13,16-17H,6-9,12H2,1H3,(H,32,33). The smallest absolute Gasteiger partial charge is 0.341 e. The maximum absolute atomic E-state index is 15.3. The average Bonchev–Trinajstić information content (AvgIpc) is 3.52. The molecule has 2 heterocycles. The zero-order valence-electron chi connectivity index (χ0n) is 18.1. The molecule has 6 nitrogen and oxygen atoms in total. The van der Waals surface area contributed by atoms with Crippen molar-refractivity contribution < 1.29 is 14.3 Å². The van der Waals surface area contributed by atoms with Crippen LogP contribution < -0.4 is 10.3 Å². The van der Waals surface area contributed by atoms with Crippen molar-refractivity contribution in [1.82, 2.24) is 4.57 Å². The van der Waals surface area contributed by atoms with E-state index in [1.165, 1.54) is 6.20 Å². The molecule has 0 amide bonds. The zero-order chi connectivity index (χ0) is 23.3. The van der Waals surface area contributed by atoms with Crippen LogP contribution in [0.5, 0.6) is 0 Å². The molecular weight excluding hydrogens is 445 g/mol. The van der Waals surface area contributed by atoms with Gasteiger partial charge in [-0.05, 0) is 43.4 Å². The third kappa shape index (κ3) is 3.91. The molecule has 3 aromatic rings. The number of rotatable bonds is 5. The number of aromatic carboxylic acids is 1. The highest BCUT2D eigenvalue weighted by molar-refractivity contribution is 6.38. The second kappa shape index (κ2) is 8.30. The molecule has 1 unspecified atom stereocenters. The zero-order valence-corrected chi connectivity index (χ0v) is 18.8. The first-order chi connectivity index (χ1) is 15.8. The van der Waals surface area contributed by atoms with Crippen LogP contribution >= 0.6 is 11.6 Å². The molecule has 1 atom stereocenters. The predicted octanol–water partition coefficient (Wildman–Crippen LogP) is 4.83. The minimum atomic E-state index is -1.33. The van der Waals surface area contributed by atoms with Gasteiger partial charge in [0.05, 0.1) is 27.7 Å². The summed E-state index contributed by atoms with van der Waals surface area (Å²) in [6.45, 7) is 3.12. The Hall–Kier alpha value is -3.19. The van der Waals surface area contributed by atoms with Crippen molar-refractivity contribution in [2.24, 2.45) is 4.99 Å². The number of carboxylic acid groups (broad SMARTS) is 1. The summed E-state index contributed by atoms with van der Waals surface area (Å²) in [4.78, 5) is 30.9. The molecule has 1 aromatic heterocycles. The number of halogens is 2. The lowest BCUT2D eigenvalue weighted by Gasteiger charge is -2.23. The summed E-state index contributed by atoms with van der Waals surface area (Å²) in [5.74, 6) is -1.95. The predicted molar refractivity (Wildman–Crippen MR) is 128 cm³/mol. The normalized spacial score (nSPS) is 18.5. The summed E-state index contributed by atoms with van der Waals surface area (Å²) in [6, 6.07) is 9.18. The number of benzene rings is 2. The Morgan fingerprint density at radius 1 is 1.27 bits per heavy atom. The van der Waals surface area contributed by atoms with Gasteiger partial charge in [-0.25, -0.2) is 9.18 Å². The molecule has 0 radical (unpaired) electrons. The van der Waals surface area contributed by atoms with Crippen LogP contribution in [0.4, 0.5) is 10.1 Å². The quantitative estimate of drug-likeness (QED) is 0.545. The topological polar surface area (TPSA) is 74.9 Å². The van der Waals surface area contributed by atoms with Crippen LogP contribution in [0.15, 0.2) is 46.3 Å². The van der Waals surface area contributed by atoms with E-state index < -0.39 is 17.2 Å². The van der Waals surface area contributed by atoms with Gasteiger partial charge < -0.3 is 14.6 Å². The molecule has 1 N–H and O–H groups in total. The van der Waals surface area contributed by atoms with E-state index in [1.54, 1.807) is 4.57 Å². The number of aromatic nitrogens is 1. The van der Waals surface area contributed by atoms with Crippen LogP contribution in [-0.2, 0) is 0 Å². The molecule has 0 bridgehead atoms. The summed E-state index contributed by atoms with van der Waals surface area (Å²) < 4.78 is 17.0. The van der Waals surface area contributed by atoms with Crippen LogP contribution in [0.3, 0.4) is 0 Å². The first kappa shape index (κ1) is 21.6. The molecule has 170 valence electrons. The average molecular weight is 468 g/mol. The lowest BCUT2D eigenvalue weighted by molar-refractivity contribution is 0.0695. The number of carboxylic acids is 1. The molecule has 0 spiro atoms. The molecule has 5 rings (SSSR count). The van der Waals surface area contributed by atoms with Crippen molar-refractivity contribution in [2.45, 2.75) is 38.3 Å². The van der Waals surface area contributed by atoms with Crippen molar-refractivity contribution in [2.75, 3.05) is 18.0 Å². The second-order valence-electron chi connectivity index (χ2n) is 8.76. The largest absolute Gasteiger partial charge is 0.477 e. The third-order valence-corrected chi connectivity index (χ3v) is 6.81. The van der Waals surface area contributed by atoms with Crippen LogP contribution in [-0.4, -0.2) is 41.0 Å². The number of carbonyl (C=O) groups is 1. The lowest BCUT2D eigenvalue weighted by Crippen LogP contribution is -2.24. The highest BCUT2D eigenvalue weighted by atomic mass is 35.5. The Kier molecular flexibility index (Phi) is 5.44. The van der Waals surface area contributed by atoms with Crippen molar-refractivity contribution in [3.05, 3.63) is 74.3 Å². The van der Waals surface area contributed by atoms with Gasteiger partial charge in [-0.15, -0.1) is 0 Å². The molecule has 33 heavy (non-hydrogen) atoms. The number of pyridine rings is 1. The summed E-state index contributed by atoms with van der Waals surface area (Å²) in [6.07, 6.45) is 5.68. The van der Waals surface area contributed by atoms with Gasteiger partial charge in [0.2, 0.25) is 5.43 Å². The fourth-order valence-electron chi connectivity index (χ4n) is 4.50. The van der Waals surface area contributed by atoms with E-state index >= 15 is 4.39 Å². The fraction of sp³-hybridized carbons (Fsp3) is 0.320. The summed E-state index contributed by atoms with van der Waals surface area (Å²) in [5.41, 5.74) is 1.74. The van der Waals surface area contributed by atoms with E-state index in [2.05, 4.69) is 0 Å². The van der Waals surface area contributed by atoms with Gasteiger partial charge in [0.15, 0.2) is 0 Å². The fourth-order valence-corrected chi connectivity index (χ4v) is 4.91. The molecule has 8 heteroatoms. The van der Waals surface area contributed by atoms with Gasteiger partial charge >= 0.3 is 5.97 Å². The molecular formula is C25H23ClFN3O3. The Bertz CT molecular complexity index is 1360. The van der Waals surface area contributed by atoms with Gasteiger partial charge in [0.25, 0.3) is 0 Å². The first-order valence-electron chi connectivity index (χ1n) is 11.0. The maximum Gasteiger partial charge on any atom is 0.341 e. The van der Waals surface area contributed by atoms with Gasteiger partial charge in [-0.3, -0.25) is 9.79 Å². The van der Waals surface area contributed by atoms with E-state index in [0.29, 0.717) is 18.6 Å². The highest BCUT2D eigenvalue weighted by Gasteiger charge is 2.32. The molecule has 2 fully saturated rings. The van der Waals surface area contributed by atoms with Crippen LogP contribution in [0.1, 0.15) is 46.8 Å². The van der Waals surface area contributed by atoms with Gasteiger partial charge in [-0.1, -0.05) is 35.9 Å². The minimum Gasteiger partial charge on any atom is -0.477 e. The van der Waals surface area contributed by atoms with E-state index in [0.717, 1.165) is 36.5 Å². The van der Waals surface area contributed by atoms with Crippen molar-refractivity contribution in [3.63, 3.8) is 0 Å². The van der Waals surface area contributed by atoms with E-state index in [9.17, 15) is 14.7 Å². The number of anilines is 1. The van der Waals surface area contributed by atoms with Crippen molar-refractivity contribution in [3.8, 4) is 0 Å². The molecule has 1 saturated carbocycles. The number of nitrogens with zero attached hydrogens (tertiary/aromatic N) is 3. The summed E-state index contributed by atoms with van der Waals surface area (Å²) in [5, 5.41) is 9.58. The van der Waals surface area contributed by atoms with Crippen LogP contribution in [0.2, 0.25) is 5.02 Å². The maximum atomic E-state index is 15.3. The van der Waals surface area contributed by atoms with Gasteiger partial charge in [0.1, 0.15) is 11.4 Å². The number of fused-ring (bicyclic) bond motifs is 1. The summed E-state index contributed by atoms with van der Waals surface area (Å²) in [7, 11) is 0. The Morgan fingerprint density at radius 3 is 2.73 bits per heavy atom. The number of hydrogen-bond donors (Lipinski definition) is 1. The molecule has 1 aliphatic carbocycles. The van der Waals surface area contributed by atoms with E-state index in [4.69, 9.17) is 16.6 Å². The van der Waals surface area contributed by atoms with Crippen molar-refractivity contribution >= 4 is 40.4 Å². The molecule has 1 saturated heterocycles. The number of aliphatic imine (C=N–C) groups is 1.